The number of rotatable bonds is 1. The maximum atomic E-state index is 8.92. The molecule has 1 N–H and O–H groups in total. The van der Waals surface area contributed by atoms with Crippen molar-refractivity contribution in [3.8, 4) is 0 Å². The van der Waals surface area contributed by atoms with Crippen LogP contribution in [0.5, 0.6) is 0 Å². The second kappa shape index (κ2) is 2.60. The molecule has 0 saturated heterocycles. The fraction of sp³-hybridized carbons (Fsp3) is 0.143. The van der Waals surface area contributed by atoms with Crippen LogP contribution in [0.1, 0.15) is 5.69 Å². The topological polar surface area (TPSA) is 50.4 Å². The van der Waals surface area contributed by atoms with Crippen LogP contribution in [0.4, 0.5) is 0 Å². The van der Waals surface area contributed by atoms with Crippen LogP contribution >= 0.6 is 0 Å². The molecule has 2 aromatic heterocycles. The van der Waals surface area contributed by atoms with Gasteiger partial charge in [0.25, 0.3) is 0 Å². The molecule has 0 unspecified atom stereocenters. The van der Waals surface area contributed by atoms with Crippen molar-refractivity contribution in [1.82, 2.24) is 14.6 Å². The van der Waals surface area contributed by atoms with Crippen LogP contribution < -0.4 is 5.72 Å². The largest absolute Gasteiger partial charge is 0.390 e. The van der Waals surface area contributed by atoms with E-state index >= 15 is 0 Å². The number of fused-ring (bicyclic) bond motifs is 1. The molecule has 2 heterocycles. The number of nitrogens with zero attached hydrogens (tertiary/aromatic N) is 3. The van der Waals surface area contributed by atoms with Crippen LogP contribution in [0.25, 0.3) is 5.65 Å². The van der Waals surface area contributed by atoms with Gasteiger partial charge in [-0.25, -0.2) is 9.50 Å². The van der Waals surface area contributed by atoms with E-state index in [4.69, 9.17) is 13.0 Å². The van der Waals surface area contributed by atoms with Gasteiger partial charge in [-0.05, 0) is 12.1 Å². The lowest BCUT2D eigenvalue weighted by atomic mass is 10.1. The predicted molar refractivity (Wildman–Crippen MR) is 44.3 cm³/mol. The van der Waals surface area contributed by atoms with E-state index in [0.717, 1.165) is 0 Å². The van der Waals surface area contributed by atoms with Gasteiger partial charge < -0.3 is 5.11 Å². The van der Waals surface area contributed by atoms with Crippen molar-refractivity contribution in [2.45, 2.75) is 6.61 Å². The van der Waals surface area contributed by atoms with Gasteiger partial charge in [0.05, 0.1) is 18.0 Å². The second-order valence-corrected chi connectivity index (χ2v) is 2.42. The van der Waals surface area contributed by atoms with Crippen molar-refractivity contribution in [2.75, 3.05) is 0 Å². The minimum absolute atomic E-state index is 0.0693. The number of aliphatic hydroxyl groups is 1. The number of pyridine rings is 1. The Labute approximate surface area is 70.3 Å². The first kappa shape index (κ1) is 7.30. The van der Waals surface area contributed by atoms with E-state index in [9.17, 15) is 0 Å². The molecule has 0 amide bonds. The van der Waals surface area contributed by atoms with E-state index in [-0.39, 0.29) is 12.3 Å². The Morgan fingerprint density at radius 3 is 3.08 bits per heavy atom. The number of hydrogen-bond donors (Lipinski definition) is 1. The highest BCUT2D eigenvalue weighted by Crippen LogP contribution is 2.01. The Morgan fingerprint density at radius 1 is 1.50 bits per heavy atom. The highest BCUT2D eigenvalue weighted by molar-refractivity contribution is 6.29. The smallest absolute Gasteiger partial charge is 0.173 e. The molecule has 12 heavy (non-hydrogen) atoms. The van der Waals surface area contributed by atoms with Crippen molar-refractivity contribution in [3.05, 3.63) is 23.9 Å². The van der Waals surface area contributed by atoms with Crippen molar-refractivity contribution in [1.29, 1.82) is 0 Å². The van der Waals surface area contributed by atoms with E-state index < -0.39 is 0 Å². The van der Waals surface area contributed by atoms with Gasteiger partial charge >= 0.3 is 0 Å². The van der Waals surface area contributed by atoms with Crippen molar-refractivity contribution in [3.63, 3.8) is 0 Å². The van der Waals surface area contributed by atoms with Crippen LogP contribution in [0, 0.1) is 0 Å². The molecule has 2 radical (unpaired) electrons. The monoisotopic (exact) mass is 159 g/mol. The third-order valence-corrected chi connectivity index (χ3v) is 1.62. The van der Waals surface area contributed by atoms with Gasteiger partial charge in [-0.15, -0.1) is 0 Å². The lowest BCUT2D eigenvalue weighted by Gasteiger charge is -1.97. The molecular formula is C7H6BN3O. The third-order valence-electron chi connectivity index (χ3n) is 1.62. The van der Waals surface area contributed by atoms with E-state index in [1.54, 1.807) is 18.2 Å². The molecule has 0 aliphatic carbocycles. The summed E-state index contributed by atoms with van der Waals surface area (Å²) in [7, 11) is 5.39. The third kappa shape index (κ3) is 0.985. The average molecular weight is 159 g/mol. The van der Waals surface area contributed by atoms with Gasteiger partial charge in [-0.1, -0.05) is 6.07 Å². The lowest BCUT2D eigenvalue weighted by Crippen LogP contribution is -2.07. The van der Waals surface area contributed by atoms with E-state index in [1.807, 2.05) is 0 Å². The SMILES string of the molecule is [B]c1nc2cccc(CO)n2n1. The Balaban J connectivity index is 2.78. The molecule has 0 saturated carbocycles. The normalized spacial score (nSPS) is 10.8. The molecule has 0 spiro atoms. The van der Waals surface area contributed by atoms with Crippen LogP contribution in [0.3, 0.4) is 0 Å². The maximum absolute atomic E-state index is 8.92. The first-order valence-electron chi connectivity index (χ1n) is 3.52. The van der Waals surface area contributed by atoms with E-state index in [2.05, 4.69) is 10.1 Å². The molecule has 0 bridgehead atoms. The van der Waals surface area contributed by atoms with Gasteiger partial charge in [-0.2, -0.15) is 5.10 Å². The summed E-state index contributed by atoms with van der Waals surface area (Å²) in [5.41, 5.74) is 1.55. The zero-order chi connectivity index (χ0) is 8.55. The summed E-state index contributed by atoms with van der Waals surface area (Å²) in [6, 6.07) is 5.35. The maximum Gasteiger partial charge on any atom is 0.173 e. The fourth-order valence-corrected chi connectivity index (χ4v) is 1.10. The summed E-state index contributed by atoms with van der Waals surface area (Å²) < 4.78 is 1.52. The first-order valence-corrected chi connectivity index (χ1v) is 3.52. The minimum Gasteiger partial charge on any atom is -0.390 e. The second-order valence-electron chi connectivity index (χ2n) is 2.42. The van der Waals surface area contributed by atoms with Gasteiger partial charge in [0, 0.05) is 0 Å². The molecule has 58 valence electrons. The van der Waals surface area contributed by atoms with Crippen molar-refractivity contribution >= 4 is 19.2 Å². The summed E-state index contributed by atoms with van der Waals surface area (Å²) >= 11 is 0. The standard InChI is InChI=1S/C7H6BN3O/c8-7-9-6-3-1-2-5(4-12)11(6)10-7/h1-3,12H,4H2. The molecule has 0 aromatic carbocycles. The quantitative estimate of drug-likeness (QED) is 0.543. The Kier molecular flexibility index (Phi) is 1.58. The molecule has 2 aromatic rings. The Hall–Kier alpha value is -1.36. The molecular weight excluding hydrogens is 153 g/mol. The highest BCUT2D eigenvalue weighted by Gasteiger charge is 2.01. The molecule has 0 aliphatic heterocycles. The zero-order valence-electron chi connectivity index (χ0n) is 6.31. The highest BCUT2D eigenvalue weighted by atomic mass is 16.3. The van der Waals surface area contributed by atoms with Crippen LogP contribution in [-0.2, 0) is 6.61 Å². The number of aliphatic hydroxyl groups excluding tert-OH is 1. The van der Waals surface area contributed by atoms with Gasteiger partial charge in [-0.3, -0.25) is 0 Å². The zero-order valence-corrected chi connectivity index (χ0v) is 6.31. The summed E-state index contributed by atoms with van der Waals surface area (Å²) in [4.78, 5) is 3.94. The molecule has 5 heteroatoms. The molecule has 4 nitrogen and oxygen atoms in total. The van der Waals surface area contributed by atoms with Crippen LogP contribution in [-0.4, -0.2) is 27.6 Å². The minimum atomic E-state index is -0.0693. The average Bonchev–Trinajstić information content (AvgIpc) is 2.44. The summed E-state index contributed by atoms with van der Waals surface area (Å²) in [5, 5.41) is 12.8. The summed E-state index contributed by atoms with van der Waals surface area (Å²) in [5.74, 6) is 0. The van der Waals surface area contributed by atoms with Gasteiger partial charge in [0.1, 0.15) is 0 Å². The molecule has 0 aliphatic rings. The summed E-state index contributed by atoms with van der Waals surface area (Å²) in [6.45, 7) is -0.0693. The van der Waals surface area contributed by atoms with E-state index in [0.29, 0.717) is 11.3 Å². The van der Waals surface area contributed by atoms with Crippen molar-refractivity contribution < 1.29 is 5.11 Å². The molecule has 0 fully saturated rings. The number of hydrogen-bond acceptors (Lipinski definition) is 3. The molecule has 2 rings (SSSR count). The van der Waals surface area contributed by atoms with Gasteiger partial charge in [0.15, 0.2) is 13.5 Å². The van der Waals surface area contributed by atoms with Crippen LogP contribution in [0.2, 0.25) is 0 Å². The fourth-order valence-electron chi connectivity index (χ4n) is 1.10. The van der Waals surface area contributed by atoms with E-state index in [1.165, 1.54) is 4.52 Å². The Bertz CT molecular complexity index is 412. The lowest BCUT2D eigenvalue weighted by molar-refractivity contribution is 0.273. The van der Waals surface area contributed by atoms with Gasteiger partial charge in [0.2, 0.25) is 0 Å². The summed E-state index contributed by atoms with van der Waals surface area (Å²) in [6.07, 6.45) is 0. The Morgan fingerprint density at radius 2 is 2.33 bits per heavy atom. The van der Waals surface area contributed by atoms with Crippen molar-refractivity contribution in [2.24, 2.45) is 0 Å². The number of aromatic nitrogens is 3. The predicted octanol–water partition coefficient (Wildman–Crippen LogP) is -0.985. The van der Waals surface area contributed by atoms with Crippen LogP contribution in [0.15, 0.2) is 18.2 Å². The molecule has 0 atom stereocenters. The first-order chi connectivity index (χ1) is 5.81.